The van der Waals surface area contributed by atoms with E-state index in [0.717, 1.165) is 12.1 Å². The molecule has 2 aromatic rings. The minimum atomic E-state index is -1.28. The lowest BCUT2D eigenvalue weighted by molar-refractivity contribution is -0.385. The van der Waals surface area contributed by atoms with Gasteiger partial charge in [0.25, 0.3) is 5.69 Å². The van der Waals surface area contributed by atoms with Crippen LogP contribution in [0.1, 0.15) is 67.8 Å². The maximum atomic E-state index is 13.8. The number of hydrogen-bond acceptors (Lipinski definition) is 6. The number of ether oxygens (including phenoxy) is 1. The number of carboxylic acids is 1. The summed E-state index contributed by atoms with van der Waals surface area (Å²) in [6, 6.07) is 5.40. The van der Waals surface area contributed by atoms with Crippen LogP contribution >= 0.6 is 0 Å². The molecule has 0 aliphatic rings. The number of nitrogens with two attached hydrogens (primary N) is 1. The van der Waals surface area contributed by atoms with Crippen LogP contribution in [0.25, 0.3) is 0 Å². The monoisotopic (exact) mass is 452 g/mol. The molecule has 0 spiro atoms. The molecule has 8 nitrogen and oxygen atoms in total. The number of carboxylic acid groups (broad SMARTS) is 1. The van der Waals surface area contributed by atoms with Gasteiger partial charge in [-0.1, -0.05) is 20.8 Å². The molecule has 0 fully saturated rings. The third-order valence-electron chi connectivity index (χ3n) is 3.94. The van der Waals surface area contributed by atoms with Gasteiger partial charge in [-0.15, -0.1) is 0 Å². The predicted molar refractivity (Wildman–Crippen MR) is 115 cm³/mol. The van der Waals surface area contributed by atoms with Gasteiger partial charge in [-0.2, -0.15) is 0 Å². The zero-order chi connectivity index (χ0) is 25.0. The van der Waals surface area contributed by atoms with Gasteiger partial charge in [0.05, 0.1) is 22.1 Å². The van der Waals surface area contributed by atoms with E-state index in [4.69, 9.17) is 15.6 Å². The molecular formula is C22H26F2N2O6. The number of non-ortho nitro benzene ring substituents is 1. The summed E-state index contributed by atoms with van der Waals surface area (Å²) in [5, 5.41) is 19.2. The zero-order valence-corrected chi connectivity index (χ0v) is 18.7. The summed E-state index contributed by atoms with van der Waals surface area (Å²) in [5.74, 6) is -3.83. The minimum Gasteiger partial charge on any atom is -0.478 e. The van der Waals surface area contributed by atoms with Crippen molar-refractivity contribution in [1.82, 2.24) is 0 Å². The Kier molecular flexibility index (Phi) is 8.04. The molecule has 0 heterocycles. The van der Waals surface area contributed by atoms with Gasteiger partial charge in [-0.05, 0) is 44.4 Å². The Morgan fingerprint density at radius 2 is 1.56 bits per heavy atom. The Balaban J connectivity index is 0.000000323. The highest BCUT2D eigenvalue weighted by atomic mass is 19.1. The van der Waals surface area contributed by atoms with E-state index in [1.165, 1.54) is 12.1 Å². The number of nitrogen functional groups attached to an aromatic ring is 1. The first kappa shape index (κ1) is 26.5. The fourth-order valence-corrected chi connectivity index (χ4v) is 2.63. The summed E-state index contributed by atoms with van der Waals surface area (Å²) >= 11 is 0. The number of anilines is 1. The van der Waals surface area contributed by atoms with Gasteiger partial charge in [-0.25, -0.2) is 18.4 Å². The Morgan fingerprint density at radius 1 is 1.03 bits per heavy atom. The summed E-state index contributed by atoms with van der Waals surface area (Å²) in [5.41, 5.74) is 3.86. The molecule has 174 valence electrons. The summed E-state index contributed by atoms with van der Waals surface area (Å²) in [4.78, 5) is 31.9. The molecule has 0 bridgehead atoms. The smallest absolute Gasteiger partial charge is 0.341 e. The van der Waals surface area contributed by atoms with Crippen molar-refractivity contribution in [3.8, 4) is 0 Å². The standard InChI is InChI=1S/C11H12FNO4.C11H14FNO2/c1-11(2,3)17-10(14)8-5-4-7(13(15)16)6-9(8)12;1-11(2,3)8-7(13)5-4-6(9(8)12)10(14)15/h4-6H,1-3H3;4-5H,13H2,1-3H3,(H,14,15). The molecule has 0 unspecified atom stereocenters. The molecule has 0 radical (unpaired) electrons. The fourth-order valence-electron chi connectivity index (χ4n) is 2.63. The SMILES string of the molecule is CC(C)(C)OC(=O)c1ccc([N+](=O)[O-])cc1F.CC(C)(C)c1c(N)ccc(C(=O)O)c1F. The molecule has 0 amide bonds. The highest BCUT2D eigenvalue weighted by molar-refractivity contribution is 5.90. The van der Waals surface area contributed by atoms with E-state index in [2.05, 4.69) is 0 Å². The zero-order valence-electron chi connectivity index (χ0n) is 18.7. The number of halogens is 2. The van der Waals surface area contributed by atoms with Gasteiger partial charge in [0, 0.05) is 17.3 Å². The first-order chi connectivity index (χ1) is 14.5. The summed E-state index contributed by atoms with van der Waals surface area (Å²) < 4.78 is 32.2. The molecule has 32 heavy (non-hydrogen) atoms. The lowest BCUT2D eigenvalue weighted by atomic mass is 9.84. The van der Waals surface area contributed by atoms with Crippen LogP contribution in [0.15, 0.2) is 30.3 Å². The van der Waals surface area contributed by atoms with Crippen molar-refractivity contribution in [2.45, 2.75) is 52.6 Å². The molecule has 3 N–H and O–H groups in total. The van der Waals surface area contributed by atoms with Crippen molar-refractivity contribution >= 4 is 23.3 Å². The van der Waals surface area contributed by atoms with Gasteiger partial charge in [0.1, 0.15) is 17.2 Å². The quantitative estimate of drug-likeness (QED) is 0.287. The largest absolute Gasteiger partial charge is 0.478 e. The van der Waals surface area contributed by atoms with Crippen molar-refractivity contribution in [2.75, 3.05) is 5.73 Å². The molecule has 0 saturated carbocycles. The number of nitro groups is 1. The second-order valence-corrected chi connectivity index (χ2v) is 8.87. The highest BCUT2D eigenvalue weighted by Gasteiger charge is 2.25. The number of nitrogens with zero attached hydrogens (tertiary/aromatic N) is 1. The van der Waals surface area contributed by atoms with E-state index >= 15 is 0 Å². The van der Waals surface area contributed by atoms with Crippen molar-refractivity contribution in [1.29, 1.82) is 0 Å². The second kappa shape index (κ2) is 9.71. The van der Waals surface area contributed by atoms with Crippen molar-refractivity contribution < 1.29 is 33.1 Å². The maximum absolute atomic E-state index is 13.8. The lowest BCUT2D eigenvalue weighted by Crippen LogP contribution is -2.24. The number of hydrogen-bond donors (Lipinski definition) is 2. The average molecular weight is 452 g/mol. The first-order valence-electron chi connectivity index (χ1n) is 9.44. The van der Waals surface area contributed by atoms with E-state index in [0.29, 0.717) is 6.07 Å². The number of nitro benzene ring substituents is 1. The Hall–Kier alpha value is -3.56. The van der Waals surface area contributed by atoms with Crippen LogP contribution in [0.2, 0.25) is 0 Å². The van der Waals surface area contributed by atoms with Crippen molar-refractivity contribution in [3.05, 3.63) is 68.8 Å². The van der Waals surface area contributed by atoms with E-state index in [9.17, 15) is 28.5 Å². The normalized spacial score (nSPS) is 11.2. The van der Waals surface area contributed by atoms with Crippen LogP contribution in [0.3, 0.4) is 0 Å². The van der Waals surface area contributed by atoms with Crippen LogP contribution < -0.4 is 5.73 Å². The molecule has 0 aliphatic carbocycles. The number of aromatic carboxylic acids is 1. The molecule has 10 heteroatoms. The minimum absolute atomic E-state index is 0.252. The second-order valence-electron chi connectivity index (χ2n) is 8.87. The average Bonchev–Trinajstić information content (AvgIpc) is 2.58. The van der Waals surface area contributed by atoms with E-state index in [1.54, 1.807) is 41.5 Å². The maximum Gasteiger partial charge on any atom is 0.341 e. The Labute approximate surface area is 184 Å². The number of carbonyl (C=O) groups is 2. The molecule has 0 atom stereocenters. The van der Waals surface area contributed by atoms with E-state index < -0.39 is 45.2 Å². The van der Waals surface area contributed by atoms with Gasteiger partial charge in [0.2, 0.25) is 0 Å². The van der Waals surface area contributed by atoms with Crippen LogP contribution in [0.5, 0.6) is 0 Å². The highest BCUT2D eigenvalue weighted by Crippen LogP contribution is 2.32. The number of benzene rings is 2. The summed E-state index contributed by atoms with van der Waals surface area (Å²) in [6.07, 6.45) is 0. The van der Waals surface area contributed by atoms with Crippen LogP contribution in [0.4, 0.5) is 20.2 Å². The van der Waals surface area contributed by atoms with E-state index in [1.807, 2.05) is 0 Å². The Morgan fingerprint density at radius 3 is 1.97 bits per heavy atom. The van der Waals surface area contributed by atoms with Crippen LogP contribution in [-0.2, 0) is 10.2 Å². The van der Waals surface area contributed by atoms with Gasteiger partial charge < -0.3 is 15.6 Å². The Bertz CT molecular complexity index is 1040. The summed E-state index contributed by atoms with van der Waals surface area (Å²) in [6.45, 7) is 10.3. The molecule has 2 rings (SSSR count). The first-order valence-corrected chi connectivity index (χ1v) is 9.44. The molecule has 0 aliphatic heterocycles. The van der Waals surface area contributed by atoms with Gasteiger partial charge in [0.15, 0.2) is 0 Å². The molecule has 0 aromatic heterocycles. The van der Waals surface area contributed by atoms with Gasteiger partial charge in [-0.3, -0.25) is 10.1 Å². The van der Waals surface area contributed by atoms with Crippen LogP contribution in [-0.4, -0.2) is 27.6 Å². The lowest BCUT2D eigenvalue weighted by Gasteiger charge is -2.22. The number of rotatable bonds is 3. The topological polar surface area (TPSA) is 133 Å². The summed E-state index contributed by atoms with van der Waals surface area (Å²) in [7, 11) is 0. The third-order valence-corrected chi connectivity index (χ3v) is 3.94. The predicted octanol–water partition coefficient (Wildman–Crippen LogP) is 5.09. The van der Waals surface area contributed by atoms with Gasteiger partial charge >= 0.3 is 11.9 Å². The van der Waals surface area contributed by atoms with Crippen molar-refractivity contribution in [2.24, 2.45) is 0 Å². The number of carbonyl (C=O) groups excluding carboxylic acids is 1. The van der Waals surface area contributed by atoms with Crippen molar-refractivity contribution in [3.63, 3.8) is 0 Å². The fraction of sp³-hybridized carbons (Fsp3) is 0.364. The molecule has 0 saturated heterocycles. The molecule has 2 aromatic carbocycles. The van der Waals surface area contributed by atoms with Crippen LogP contribution in [0, 0.1) is 21.7 Å². The third kappa shape index (κ3) is 7.00. The molecular weight excluding hydrogens is 426 g/mol. The number of esters is 1. The van der Waals surface area contributed by atoms with E-state index in [-0.39, 0.29) is 22.4 Å².